The van der Waals surface area contributed by atoms with Gasteiger partial charge in [-0.2, -0.15) is 0 Å². The fourth-order valence-electron chi connectivity index (χ4n) is 11.6. The molecule has 0 unspecified atom stereocenters. The Morgan fingerprint density at radius 2 is 0.946 bits per heavy atom. The number of rotatable bonds is 12. The molecule has 10 atom stereocenters. The Hall–Kier alpha value is -8.08. The molecule has 4 amide bonds. The highest BCUT2D eigenvalue weighted by Crippen LogP contribution is 2.51. The van der Waals surface area contributed by atoms with Gasteiger partial charge in [-0.05, 0) is 87.4 Å². The fraction of sp³-hybridized carbons (Fsp3) is 0.310. The molecule has 8 heterocycles. The molecule has 2 fully saturated rings. The molecular formula is C58H60N8O8. The van der Waals surface area contributed by atoms with Crippen LogP contribution in [-0.2, 0) is 22.7 Å². The fourth-order valence-corrected chi connectivity index (χ4v) is 11.6. The summed E-state index contributed by atoms with van der Waals surface area (Å²) in [5, 5.41) is 27.1. The van der Waals surface area contributed by atoms with E-state index in [1.165, 1.54) is 22.2 Å². The van der Waals surface area contributed by atoms with E-state index >= 15 is 0 Å². The molecule has 4 N–H and O–H groups in total. The zero-order chi connectivity index (χ0) is 52.2. The average molecular weight is 997 g/mol. The van der Waals surface area contributed by atoms with Gasteiger partial charge in [-0.1, -0.05) is 97.1 Å². The largest absolute Gasteiger partial charge is 0.396 e. The topological polar surface area (TPSA) is 209 Å². The van der Waals surface area contributed by atoms with Crippen LogP contribution in [0.4, 0.5) is 0 Å². The van der Waals surface area contributed by atoms with Crippen molar-refractivity contribution in [1.29, 1.82) is 0 Å². The predicted octanol–water partition coefficient (Wildman–Crippen LogP) is 5.92. The molecule has 10 rings (SSSR count). The lowest BCUT2D eigenvalue weighted by Gasteiger charge is -2.31. The summed E-state index contributed by atoms with van der Waals surface area (Å²) in [7, 11) is 0. The van der Waals surface area contributed by atoms with Gasteiger partial charge in [0.2, 0.25) is 11.8 Å². The van der Waals surface area contributed by atoms with Crippen molar-refractivity contribution in [3.8, 4) is 0 Å². The average Bonchev–Trinajstić information content (AvgIpc) is 4.18. The van der Waals surface area contributed by atoms with Gasteiger partial charge in [0.15, 0.2) is 0 Å². The Morgan fingerprint density at radius 3 is 1.28 bits per heavy atom. The lowest BCUT2D eigenvalue weighted by molar-refractivity contribution is -0.128. The number of pyridine rings is 4. The Morgan fingerprint density at radius 1 is 0.568 bits per heavy atom. The van der Waals surface area contributed by atoms with Crippen molar-refractivity contribution in [2.75, 3.05) is 13.2 Å². The second kappa shape index (κ2) is 22.0. The summed E-state index contributed by atoms with van der Waals surface area (Å²) in [5.74, 6) is -3.18. The van der Waals surface area contributed by atoms with Gasteiger partial charge in [0.1, 0.15) is 23.5 Å². The normalized spacial score (nSPS) is 23.1. The van der Waals surface area contributed by atoms with Crippen molar-refractivity contribution in [3.05, 3.63) is 212 Å². The third kappa shape index (κ3) is 9.42. The van der Waals surface area contributed by atoms with Crippen molar-refractivity contribution in [3.63, 3.8) is 0 Å². The first-order chi connectivity index (χ1) is 35.9. The minimum Gasteiger partial charge on any atom is -0.396 e. The maximum atomic E-state index is 13.9. The van der Waals surface area contributed by atoms with Crippen LogP contribution in [0.25, 0.3) is 12.2 Å². The summed E-state index contributed by atoms with van der Waals surface area (Å²) in [6, 6.07) is 33.0. The van der Waals surface area contributed by atoms with Crippen molar-refractivity contribution in [1.82, 2.24) is 39.5 Å². The number of nitrogens with zero attached hydrogens (tertiary/aromatic N) is 6. The molecule has 16 nitrogen and oxygen atoms in total. The van der Waals surface area contributed by atoms with Crippen LogP contribution in [0.5, 0.6) is 0 Å². The number of aliphatic hydroxyl groups excluding tert-OH is 2. The van der Waals surface area contributed by atoms with Crippen LogP contribution < -0.4 is 21.8 Å². The number of likely N-dealkylation sites (tertiary alicyclic amines) is 2. The number of fused-ring (bicyclic) bond motifs is 6. The molecule has 0 aliphatic carbocycles. The van der Waals surface area contributed by atoms with Crippen molar-refractivity contribution >= 4 is 35.8 Å². The molecule has 0 radical (unpaired) electrons. The maximum Gasteiger partial charge on any atom is 0.273 e. The smallest absolute Gasteiger partial charge is 0.273 e. The Balaban J connectivity index is 0.000000182. The first-order valence-electron chi connectivity index (χ1n) is 25.0. The number of amides is 4. The molecule has 0 saturated carbocycles. The summed E-state index contributed by atoms with van der Waals surface area (Å²) >= 11 is 0. The molecule has 6 aromatic rings. The van der Waals surface area contributed by atoms with Crippen LogP contribution >= 0.6 is 0 Å². The maximum absolute atomic E-state index is 13.9. The van der Waals surface area contributed by atoms with Gasteiger partial charge in [0.25, 0.3) is 22.9 Å². The number of carbonyl (C=O) groups is 4. The summed E-state index contributed by atoms with van der Waals surface area (Å²) in [4.78, 5) is 93.3. The third-order valence-electron chi connectivity index (χ3n) is 15.0. The number of benzene rings is 2. The summed E-state index contributed by atoms with van der Waals surface area (Å²) < 4.78 is 3.35. The van der Waals surface area contributed by atoms with Crippen LogP contribution in [0, 0.1) is 23.7 Å². The Kier molecular flexibility index (Phi) is 15.1. The highest BCUT2D eigenvalue weighted by Gasteiger charge is 2.59. The third-order valence-corrected chi connectivity index (χ3v) is 15.0. The predicted molar refractivity (Wildman–Crippen MR) is 279 cm³/mol. The van der Waals surface area contributed by atoms with E-state index in [0.717, 1.165) is 11.1 Å². The quantitative estimate of drug-likeness (QED) is 0.114. The monoisotopic (exact) mass is 996 g/mol. The first kappa shape index (κ1) is 50.8. The minimum atomic E-state index is -0.917. The second-order valence-corrected chi connectivity index (χ2v) is 19.2. The number of hydrogen-bond acceptors (Lipinski definition) is 10. The number of aromatic nitrogens is 4. The van der Waals surface area contributed by atoms with Gasteiger partial charge >= 0.3 is 0 Å². The van der Waals surface area contributed by atoms with E-state index in [9.17, 15) is 39.0 Å². The SMILES string of the molecule is C/C=C/c1ccc2n(c1=O)C[C@@H]1[C@@H](CO)[C@H](C(=O)N[C@H](C)c3ccccc3)N(C(=O)c3ccccn3)[C@H]21.C/C=C\c1ccc2n(c1=O)C[C@@H]1[C@@H](CO)[C@H](C(=O)N[C@H](C)c3ccccc3)N(C(=O)c3ccccn3)[C@H]21. The van der Waals surface area contributed by atoms with Gasteiger partial charge in [-0.3, -0.25) is 38.7 Å². The van der Waals surface area contributed by atoms with E-state index < -0.39 is 47.8 Å². The van der Waals surface area contributed by atoms with E-state index in [0.29, 0.717) is 35.6 Å². The van der Waals surface area contributed by atoms with Crippen molar-refractivity contribution in [2.45, 2.75) is 77.0 Å². The van der Waals surface area contributed by atoms with E-state index in [2.05, 4.69) is 20.6 Å². The number of hydrogen-bond donors (Lipinski definition) is 4. The molecule has 4 aliphatic heterocycles. The summed E-state index contributed by atoms with van der Waals surface area (Å²) in [5.41, 5.74) is 4.43. The molecule has 380 valence electrons. The molecule has 74 heavy (non-hydrogen) atoms. The summed E-state index contributed by atoms with van der Waals surface area (Å²) in [6.45, 7) is 7.52. The van der Waals surface area contributed by atoms with Gasteiger partial charge in [0.05, 0.1) is 24.2 Å². The van der Waals surface area contributed by atoms with Crippen molar-refractivity contribution in [2.24, 2.45) is 23.7 Å². The molecule has 0 spiro atoms. The lowest BCUT2D eigenvalue weighted by Crippen LogP contribution is -2.51. The van der Waals surface area contributed by atoms with E-state index in [1.807, 2.05) is 100 Å². The molecule has 0 bridgehead atoms. The Labute approximate surface area is 428 Å². The van der Waals surface area contributed by atoms with Gasteiger partial charge in [0, 0.05) is 84.9 Å². The zero-order valence-corrected chi connectivity index (χ0v) is 41.6. The van der Waals surface area contributed by atoms with E-state index in [4.69, 9.17) is 0 Å². The molecular weight excluding hydrogens is 937 g/mol. The number of aliphatic hydroxyl groups is 2. The lowest BCUT2D eigenvalue weighted by atomic mass is 9.88. The van der Waals surface area contributed by atoms with E-state index in [-0.39, 0.29) is 71.5 Å². The van der Waals surface area contributed by atoms with Gasteiger partial charge in [-0.15, -0.1) is 0 Å². The highest BCUT2D eigenvalue weighted by molar-refractivity contribution is 5.98. The number of carbonyl (C=O) groups excluding carboxylic acids is 4. The molecule has 2 saturated heterocycles. The first-order valence-corrected chi connectivity index (χ1v) is 25.0. The molecule has 4 aliphatic rings. The van der Waals surface area contributed by atoms with E-state index in [1.54, 1.807) is 82.0 Å². The number of allylic oxidation sites excluding steroid dienone is 2. The van der Waals surface area contributed by atoms with Gasteiger partial charge < -0.3 is 39.8 Å². The summed E-state index contributed by atoms with van der Waals surface area (Å²) in [6.07, 6.45) is 10.2. The molecule has 4 aromatic heterocycles. The van der Waals surface area contributed by atoms with Crippen LogP contribution in [0.1, 0.15) is 106 Å². The van der Waals surface area contributed by atoms with Crippen LogP contribution in [0.2, 0.25) is 0 Å². The molecule has 16 heteroatoms. The minimum absolute atomic E-state index is 0.148. The highest BCUT2D eigenvalue weighted by atomic mass is 16.3. The Bertz CT molecular complexity index is 2990. The number of nitrogens with one attached hydrogen (secondary N) is 2. The van der Waals surface area contributed by atoms with Crippen LogP contribution in [0.15, 0.2) is 155 Å². The standard InChI is InChI=1S/2C29H30N4O4/c2*1-3-9-20-13-14-24-25-21(16-32(24)28(20)36)22(17-34)26(33(25)29(37)23-12-7-8-15-30-23)27(35)31-18(2)19-10-5-4-6-11-19/h2*3-15,18,21-22,25-26,34H,16-17H2,1-2H3,(H,31,35)/b9-3+;9-3-/t2*18-,21-,22-,25+,26-/m11/s1. The second-order valence-electron chi connectivity index (χ2n) is 19.2. The zero-order valence-electron chi connectivity index (χ0n) is 41.6. The van der Waals surface area contributed by atoms with Crippen LogP contribution in [0.3, 0.4) is 0 Å². The van der Waals surface area contributed by atoms with Crippen LogP contribution in [-0.4, -0.2) is 88.0 Å². The van der Waals surface area contributed by atoms with Crippen molar-refractivity contribution < 1.29 is 29.4 Å². The van der Waals surface area contributed by atoms with Gasteiger partial charge in [-0.25, -0.2) is 0 Å². The molecule has 2 aromatic carbocycles.